The molecule has 2 amide bonds. The first kappa shape index (κ1) is 20.1. The molecule has 0 radical (unpaired) electrons. The van der Waals surface area contributed by atoms with Crippen LogP contribution in [0.3, 0.4) is 0 Å². The molecule has 0 saturated carbocycles. The Kier molecular flexibility index (Phi) is 6.29. The molecule has 0 unspecified atom stereocenters. The predicted octanol–water partition coefficient (Wildman–Crippen LogP) is 5.07. The van der Waals surface area contributed by atoms with Crippen LogP contribution in [0.2, 0.25) is 0 Å². The Morgan fingerprint density at radius 1 is 1.00 bits per heavy atom. The molecule has 2 aromatic carbocycles. The Hall–Kier alpha value is -3.61. The van der Waals surface area contributed by atoms with Crippen molar-refractivity contribution in [2.24, 2.45) is 0 Å². The van der Waals surface area contributed by atoms with Crippen molar-refractivity contribution in [1.82, 2.24) is 4.98 Å². The molecule has 0 saturated heterocycles. The zero-order valence-electron chi connectivity index (χ0n) is 16.5. The van der Waals surface area contributed by atoms with Gasteiger partial charge in [-0.3, -0.25) is 4.98 Å². The molecule has 0 aliphatic heterocycles. The van der Waals surface area contributed by atoms with Crippen molar-refractivity contribution in [1.29, 1.82) is 0 Å². The fourth-order valence-electron chi connectivity index (χ4n) is 2.83. The number of nitrogens with zero attached hydrogens (tertiary/aromatic N) is 1. The highest BCUT2D eigenvalue weighted by atomic mass is 19.1. The predicted molar refractivity (Wildman–Crippen MR) is 110 cm³/mol. The molecule has 3 aromatic rings. The summed E-state index contributed by atoms with van der Waals surface area (Å²) in [5.41, 5.74) is 3.82. The Bertz CT molecular complexity index is 989. The lowest BCUT2D eigenvalue weighted by Gasteiger charge is -2.13. The van der Waals surface area contributed by atoms with Crippen LogP contribution in [0.15, 0.2) is 54.7 Å². The maximum absolute atomic E-state index is 12.9. The highest BCUT2D eigenvalue weighted by Crippen LogP contribution is 2.25. The number of halogens is 1. The number of anilines is 2. The van der Waals surface area contributed by atoms with E-state index >= 15 is 0 Å². The summed E-state index contributed by atoms with van der Waals surface area (Å²) in [5.74, 6) is 1.10. The number of hydrogen-bond donors (Lipinski definition) is 2. The van der Waals surface area contributed by atoms with Crippen LogP contribution < -0.4 is 20.1 Å². The highest BCUT2D eigenvalue weighted by molar-refractivity contribution is 5.99. The van der Waals surface area contributed by atoms with Crippen LogP contribution in [0.1, 0.15) is 16.8 Å². The Labute approximate surface area is 168 Å². The van der Waals surface area contributed by atoms with Gasteiger partial charge in [0.15, 0.2) is 0 Å². The Balaban J connectivity index is 1.56. The van der Waals surface area contributed by atoms with Gasteiger partial charge in [-0.1, -0.05) is 0 Å². The molecule has 0 bridgehead atoms. The van der Waals surface area contributed by atoms with Gasteiger partial charge in [0.1, 0.15) is 23.9 Å². The fraction of sp³-hybridized carbons (Fsp3) is 0.182. The Morgan fingerprint density at radius 3 is 2.17 bits per heavy atom. The van der Waals surface area contributed by atoms with Gasteiger partial charge in [-0.25, -0.2) is 9.18 Å². The van der Waals surface area contributed by atoms with Crippen LogP contribution in [-0.4, -0.2) is 18.1 Å². The molecule has 6 nitrogen and oxygen atoms in total. The highest BCUT2D eigenvalue weighted by Gasteiger charge is 2.10. The average molecular weight is 395 g/mol. The molecule has 7 heteroatoms. The van der Waals surface area contributed by atoms with Crippen molar-refractivity contribution in [3.8, 4) is 11.5 Å². The number of carbonyl (C=O) groups excluding carboxylic acids is 1. The van der Waals surface area contributed by atoms with E-state index in [9.17, 15) is 9.18 Å². The molecule has 0 fully saturated rings. The zero-order valence-corrected chi connectivity index (χ0v) is 16.5. The van der Waals surface area contributed by atoms with Crippen LogP contribution in [0.4, 0.5) is 20.6 Å². The quantitative estimate of drug-likeness (QED) is 0.611. The zero-order chi connectivity index (χ0) is 20.8. The molecule has 0 aliphatic rings. The molecule has 29 heavy (non-hydrogen) atoms. The number of aromatic nitrogens is 1. The normalized spacial score (nSPS) is 10.3. The summed E-state index contributed by atoms with van der Waals surface area (Å²) in [5, 5.41) is 5.34. The number of amides is 2. The van der Waals surface area contributed by atoms with E-state index in [0.717, 1.165) is 22.6 Å². The summed E-state index contributed by atoms with van der Waals surface area (Å²) in [6.07, 6.45) is 1.76. The van der Waals surface area contributed by atoms with Crippen LogP contribution in [-0.2, 0) is 6.61 Å². The average Bonchev–Trinajstić information content (AvgIpc) is 2.71. The molecule has 0 spiro atoms. The van der Waals surface area contributed by atoms with Crippen LogP contribution in [0.5, 0.6) is 11.5 Å². The molecule has 0 aliphatic carbocycles. The first-order valence-corrected chi connectivity index (χ1v) is 9.02. The van der Waals surface area contributed by atoms with Gasteiger partial charge in [-0.2, -0.15) is 0 Å². The minimum atomic E-state index is -0.420. The summed E-state index contributed by atoms with van der Waals surface area (Å²) >= 11 is 0. The standard InChI is InChI=1S/C22H22FN3O3/c1-14-12-24-20(15(2)21(14)28-3)13-29-19-10-8-18(9-11-19)26-22(27)25-17-6-4-16(23)5-7-17/h4-12H,13H2,1-3H3,(H2,25,26,27). The number of rotatable bonds is 6. The van der Waals surface area contributed by atoms with E-state index in [4.69, 9.17) is 9.47 Å². The maximum atomic E-state index is 12.9. The number of nitrogens with one attached hydrogen (secondary N) is 2. The van der Waals surface area contributed by atoms with Crippen LogP contribution >= 0.6 is 0 Å². The summed E-state index contributed by atoms with van der Waals surface area (Å²) < 4.78 is 24.1. The van der Waals surface area contributed by atoms with E-state index in [0.29, 0.717) is 23.7 Å². The second kappa shape index (κ2) is 9.05. The number of carbonyl (C=O) groups is 1. The molecule has 2 N–H and O–H groups in total. The topological polar surface area (TPSA) is 72.5 Å². The first-order valence-electron chi connectivity index (χ1n) is 9.02. The number of aryl methyl sites for hydroxylation is 1. The minimum Gasteiger partial charge on any atom is -0.496 e. The monoisotopic (exact) mass is 395 g/mol. The van der Waals surface area contributed by atoms with Gasteiger partial charge in [0.05, 0.1) is 12.8 Å². The minimum absolute atomic E-state index is 0.306. The van der Waals surface area contributed by atoms with Gasteiger partial charge < -0.3 is 20.1 Å². The third-order valence-electron chi connectivity index (χ3n) is 4.34. The molecule has 1 aromatic heterocycles. The van der Waals surface area contributed by atoms with E-state index in [1.807, 2.05) is 13.8 Å². The summed E-state index contributed by atoms with van der Waals surface area (Å²) in [7, 11) is 1.64. The lowest BCUT2D eigenvalue weighted by molar-refractivity contribution is 0.262. The summed E-state index contributed by atoms with van der Waals surface area (Å²) in [6, 6.07) is 12.1. The summed E-state index contributed by atoms with van der Waals surface area (Å²) in [6.45, 7) is 4.20. The Morgan fingerprint density at radius 2 is 1.59 bits per heavy atom. The number of methoxy groups -OCH3 is 1. The second-order valence-electron chi connectivity index (χ2n) is 6.45. The van der Waals surface area contributed by atoms with Crippen molar-refractivity contribution in [2.75, 3.05) is 17.7 Å². The van der Waals surface area contributed by atoms with Crippen molar-refractivity contribution >= 4 is 17.4 Å². The molecule has 1 heterocycles. The van der Waals surface area contributed by atoms with Crippen LogP contribution in [0, 0.1) is 19.7 Å². The van der Waals surface area contributed by atoms with Crippen molar-refractivity contribution in [3.05, 3.63) is 77.4 Å². The number of pyridine rings is 1. The number of hydrogen-bond acceptors (Lipinski definition) is 4. The SMILES string of the molecule is COc1c(C)cnc(COc2ccc(NC(=O)Nc3ccc(F)cc3)cc2)c1C. The third kappa shape index (κ3) is 5.22. The van der Waals surface area contributed by atoms with Crippen molar-refractivity contribution in [2.45, 2.75) is 20.5 Å². The molecule has 3 rings (SSSR count). The van der Waals surface area contributed by atoms with Crippen molar-refractivity contribution in [3.63, 3.8) is 0 Å². The lowest BCUT2D eigenvalue weighted by atomic mass is 10.1. The fourth-order valence-corrected chi connectivity index (χ4v) is 2.83. The molecule has 0 atom stereocenters. The van der Waals surface area contributed by atoms with Gasteiger partial charge in [0, 0.05) is 28.7 Å². The van der Waals surface area contributed by atoms with E-state index in [2.05, 4.69) is 15.6 Å². The van der Waals surface area contributed by atoms with Gasteiger partial charge in [0.2, 0.25) is 0 Å². The van der Waals surface area contributed by atoms with Gasteiger partial charge in [0.25, 0.3) is 0 Å². The maximum Gasteiger partial charge on any atom is 0.323 e. The lowest BCUT2D eigenvalue weighted by Crippen LogP contribution is -2.19. The molecule has 150 valence electrons. The summed E-state index contributed by atoms with van der Waals surface area (Å²) in [4.78, 5) is 16.4. The van der Waals surface area contributed by atoms with E-state index < -0.39 is 6.03 Å². The van der Waals surface area contributed by atoms with Crippen LogP contribution in [0.25, 0.3) is 0 Å². The number of urea groups is 1. The van der Waals surface area contributed by atoms with Gasteiger partial charge in [-0.15, -0.1) is 0 Å². The van der Waals surface area contributed by atoms with E-state index in [1.54, 1.807) is 37.6 Å². The van der Waals surface area contributed by atoms with E-state index in [1.165, 1.54) is 24.3 Å². The third-order valence-corrected chi connectivity index (χ3v) is 4.34. The number of benzene rings is 2. The molecular formula is C22H22FN3O3. The first-order chi connectivity index (χ1) is 14.0. The second-order valence-corrected chi connectivity index (χ2v) is 6.45. The van der Waals surface area contributed by atoms with Gasteiger partial charge in [-0.05, 0) is 62.4 Å². The van der Waals surface area contributed by atoms with Crippen molar-refractivity contribution < 1.29 is 18.7 Å². The smallest absolute Gasteiger partial charge is 0.323 e. The van der Waals surface area contributed by atoms with Gasteiger partial charge >= 0.3 is 6.03 Å². The van der Waals surface area contributed by atoms with E-state index in [-0.39, 0.29) is 5.82 Å². The number of ether oxygens (including phenoxy) is 2. The molecular weight excluding hydrogens is 373 g/mol. The largest absolute Gasteiger partial charge is 0.496 e.